The minimum atomic E-state index is 0.00146. The van der Waals surface area contributed by atoms with Gasteiger partial charge in [0, 0.05) is 30.3 Å². The summed E-state index contributed by atoms with van der Waals surface area (Å²) in [5.74, 6) is 0.00146. The largest absolute Gasteiger partial charge is 0.381 e. The van der Waals surface area contributed by atoms with Gasteiger partial charge in [0.1, 0.15) is 4.60 Å². The van der Waals surface area contributed by atoms with Crippen molar-refractivity contribution in [2.75, 3.05) is 25.5 Å². The van der Waals surface area contributed by atoms with Gasteiger partial charge in [-0.3, -0.25) is 4.79 Å². The van der Waals surface area contributed by atoms with E-state index in [0.29, 0.717) is 11.6 Å². The third-order valence-electron chi connectivity index (χ3n) is 4.81. The van der Waals surface area contributed by atoms with Gasteiger partial charge < -0.3 is 16.0 Å². The lowest BCUT2D eigenvalue weighted by Gasteiger charge is -2.10. The zero-order valence-electron chi connectivity index (χ0n) is 15.9. The van der Waals surface area contributed by atoms with E-state index in [0.717, 1.165) is 58.7 Å². The van der Waals surface area contributed by atoms with Crippen molar-refractivity contribution >= 4 is 33.2 Å². The Morgan fingerprint density at radius 1 is 1.29 bits per heavy atom. The molecule has 8 heteroatoms. The normalized spacial score (nSPS) is 13.7. The average molecular weight is 443 g/mol. The molecule has 0 aliphatic heterocycles. The van der Waals surface area contributed by atoms with E-state index in [9.17, 15) is 4.79 Å². The second-order valence-corrected chi connectivity index (χ2v) is 7.88. The highest BCUT2D eigenvalue weighted by atomic mass is 79.9. The molecule has 0 spiro atoms. The van der Waals surface area contributed by atoms with E-state index in [2.05, 4.69) is 42.0 Å². The molecular formula is C20H23BrN6O. The molecule has 3 aromatic rings. The van der Waals surface area contributed by atoms with E-state index in [1.54, 1.807) is 0 Å². The van der Waals surface area contributed by atoms with Crippen LogP contribution < -0.4 is 16.0 Å². The standard InChI is InChI=1S/C20H23BrN6O/c1-12-9-13(3-6-15(12)20(28)25-14-4-5-14)17-11-24-19-16(23-8-7-22-2)10-18(21)26-27(17)19/h3,6,9-11,14,22-23H,4-5,7-8H2,1-2H3,(H,25,28). The summed E-state index contributed by atoms with van der Waals surface area (Å²) in [5.41, 5.74) is 5.19. The molecule has 0 atom stereocenters. The molecule has 1 saturated carbocycles. The van der Waals surface area contributed by atoms with Crippen molar-refractivity contribution in [2.45, 2.75) is 25.8 Å². The highest BCUT2D eigenvalue weighted by Crippen LogP contribution is 2.28. The Morgan fingerprint density at radius 3 is 2.82 bits per heavy atom. The third-order valence-corrected chi connectivity index (χ3v) is 5.20. The van der Waals surface area contributed by atoms with Crippen LogP contribution in [0.5, 0.6) is 0 Å². The van der Waals surface area contributed by atoms with Crippen molar-refractivity contribution in [2.24, 2.45) is 0 Å². The van der Waals surface area contributed by atoms with E-state index in [-0.39, 0.29) is 5.91 Å². The smallest absolute Gasteiger partial charge is 0.251 e. The van der Waals surface area contributed by atoms with Crippen LogP contribution >= 0.6 is 15.9 Å². The first kappa shape index (κ1) is 18.9. The SMILES string of the molecule is CNCCNc1cc(Br)nn2c(-c3ccc(C(=O)NC4CC4)c(C)c3)cnc12. The summed E-state index contributed by atoms with van der Waals surface area (Å²) in [6, 6.07) is 8.13. The topological polar surface area (TPSA) is 83.3 Å². The molecule has 3 N–H and O–H groups in total. The molecule has 28 heavy (non-hydrogen) atoms. The van der Waals surface area contributed by atoms with Crippen LogP contribution in [0.4, 0.5) is 5.69 Å². The second kappa shape index (κ2) is 7.89. The molecule has 0 saturated heterocycles. The lowest BCUT2D eigenvalue weighted by Crippen LogP contribution is -2.26. The zero-order valence-corrected chi connectivity index (χ0v) is 17.5. The van der Waals surface area contributed by atoms with Crippen LogP contribution in [0.15, 0.2) is 35.1 Å². The van der Waals surface area contributed by atoms with Crippen LogP contribution in [-0.4, -0.2) is 46.7 Å². The Balaban J connectivity index is 1.67. The molecule has 4 rings (SSSR count). The number of carbonyl (C=O) groups excluding carboxylic acids is 1. The number of rotatable bonds is 7. The molecule has 0 unspecified atom stereocenters. The van der Waals surface area contributed by atoms with Gasteiger partial charge >= 0.3 is 0 Å². The van der Waals surface area contributed by atoms with Crippen LogP contribution in [0.25, 0.3) is 16.9 Å². The van der Waals surface area contributed by atoms with Gasteiger partial charge in [-0.15, -0.1) is 0 Å². The van der Waals surface area contributed by atoms with E-state index in [1.807, 2.05) is 48.9 Å². The first-order valence-corrected chi connectivity index (χ1v) is 10.2. The number of hydrogen-bond acceptors (Lipinski definition) is 5. The molecule has 2 aromatic heterocycles. The summed E-state index contributed by atoms with van der Waals surface area (Å²) >= 11 is 3.49. The first-order valence-electron chi connectivity index (χ1n) is 9.41. The highest BCUT2D eigenvalue weighted by molar-refractivity contribution is 9.10. The number of benzene rings is 1. The molecule has 146 valence electrons. The van der Waals surface area contributed by atoms with Gasteiger partial charge in [-0.1, -0.05) is 6.07 Å². The number of nitrogens with one attached hydrogen (secondary N) is 3. The minimum Gasteiger partial charge on any atom is -0.381 e. The van der Waals surface area contributed by atoms with E-state index >= 15 is 0 Å². The number of hydrogen-bond donors (Lipinski definition) is 3. The van der Waals surface area contributed by atoms with Gasteiger partial charge in [0.05, 0.1) is 17.6 Å². The second-order valence-electron chi connectivity index (χ2n) is 7.07. The minimum absolute atomic E-state index is 0.00146. The fourth-order valence-corrected chi connectivity index (χ4v) is 3.54. The maximum Gasteiger partial charge on any atom is 0.251 e. The molecule has 1 aromatic carbocycles. The molecule has 0 radical (unpaired) electrons. The number of nitrogens with zero attached hydrogens (tertiary/aromatic N) is 3. The molecule has 1 aliphatic carbocycles. The number of likely N-dealkylation sites (N-methyl/N-ethyl adjacent to an activating group) is 1. The predicted molar refractivity (Wildman–Crippen MR) is 114 cm³/mol. The van der Waals surface area contributed by atoms with Crippen LogP contribution in [0.3, 0.4) is 0 Å². The maximum atomic E-state index is 12.4. The van der Waals surface area contributed by atoms with Gasteiger partial charge in [-0.2, -0.15) is 5.10 Å². The Morgan fingerprint density at radius 2 is 2.11 bits per heavy atom. The van der Waals surface area contributed by atoms with Gasteiger partial charge in [-0.25, -0.2) is 9.50 Å². The first-order chi connectivity index (χ1) is 13.6. The fraction of sp³-hybridized carbons (Fsp3) is 0.350. The van der Waals surface area contributed by atoms with E-state index < -0.39 is 0 Å². The van der Waals surface area contributed by atoms with Gasteiger partial charge in [0.25, 0.3) is 5.91 Å². The lowest BCUT2D eigenvalue weighted by atomic mass is 10.0. The Kier molecular flexibility index (Phi) is 5.32. The Hall–Kier alpha value is -2.45. The summed E-state index contributed by atoms with van der Waals surface area (Å²) in [7, 11) is 1.92. The van der Waals surface area contributed by atoms with E-state index in [1.165, 1.54) is 0 Å². The quantitative estimate of drug-likeness (QED) is 0.489. The van der Waals surface area contributed by atoms with Crippen LogP contribution in [-0.2, 0) is 0 Å². The molecule has 1 amide bonds. The fourth-order valence-electron chi connectivity index (χ4n) is 3.16. The summed E-state index contributed by atoms with van der Waals surface area (Å²) in [6.07, 6.45) is 3.97. The molecule has 1 fully saturated rings. The molecule has 0 bridgehead atoms. The van der Waals surface area contributed by atoms with Crippen molar-refractivity contribution in [3.8, 4) is 11.3 Å². The number of anilines is 1. The molecule has 2 heterocycles. The summed E-state index contributed by atoms with van der Waals surface area (Å²) in [5, 5.41) is 14.1. The Bertz CT molecular complexity index is 1030. The van der Waals surface area contributed by atoms with Gasteiger partial charge in [-0.05, 0) is 66.5 Å². The van der Waals surface area contributed by atoms with Crippen LogP contribution in [0, 0.1) is 6.92 Å². The summed E-state index contributed by atoms with van der Waals surface area (Å²) in [4.78, 5) is 16.9. The summed E-state index contributed by atoms with van der Waals surface area (Å²) in [6.45, 7) is 3.60. The molecule has 7 nitrogen and oxygen atoms in total. The van der Waals surface area contributed by atoms with E-state index in [4.69, 9.17) is 0 Å². The van der Waals surface area contributed by atoms with Crippen molar-refractivity contribution in [3.63, 3.8) is 0 Å². The number of halogens is 1. The number of aromatic nitrogens is 3. The average Bonchev–Trinajstić information content (AvgIpc) is 3.37. The van der Waals surface area contributed by atoms with Crippen molar-refractivity contribution < 1.29 is 4.79 Å². The van der Waals surface area contributed by atoms with Gasteiger partial charge in [0.15, 0.2) is 5.65 Å². The molecule has 1 aliphatic rings. The summed E-state index contributed by atoms with van der Waals surface area (Å²) < 4.78 is 2.55. The number of fused-ring (bicyclic) bond motifs is 1. The maximum absolute atomic E-state index is 12.4. The van der Waals surface area contributed by atoms with Crippen molar-refractivity contribution in [1.82, 2.24) is 25.2 Å². The number of carbonyl (C=O) groups is 1. The monoisotopic (exact) mass is 442 g/mol. The zero-order chi connectivity index (χ0) is 19.7. The lowest BCUT2D eigenvalue weighted by molar-refractivity contribution is 0.0950. The Labute approximate surface area is 172 Å². The third kappa shape index (κ3) is 3.88. The van der Waals surface area contributed by atoms with Crippen molar-refractivity contribution in [1.29, 1.82) is 0 Å². The highest BCUT2D eigenvalue weighted by Gasteiger charge is 2.24. The van der Waals surface area contributed by atoms with Gasteiger partial charge in [0.2, 0.25) is 0 Å². The van der Waals surface area contributed by atoms with Crippen molar-refractivity contribution in [3.05, 3.63) is 46.2 Å². The van der Waals surface area contributed by atoms with Crippen LogP contribution in [0.2, 0.25) is 0 Å². The number of aryl methyl sites for hydroxylation is 1. The predicted octanol–water partition coefficient (Wildman–Crippen LogP) is 2.99. The number of imidazole rings is 1. The molecular weight excluding hydrogens is 420 g/mol. The van der Waals surface area contributed by atoms with Crippen LogP contribution in [0.1, 0.15) is 28.8 Å². The number of amides is 1.